The van der Waals surface area contributed by atoms with E-state index in [1.807, 2.05) is 0 Å². The monoisotopic (exact) mass is 261 g/mol. The van der Waals surface area contributed by atoms with Crippen molar-refractivity contribution in [3.8, 4) is 0 Å². The highest BCUT2D eigenvalue weighted by Crippen LogP contribution is 2.36. The fourth-order valence-electron chi connectivity index (χ4n) is 1.92. The molecule has 1 saturated heterocycles. The maximum atomic E-state index is 12.7. The number of benzene rings is 1. The lowest BCUT2D eigenvalue weighted by Gasteiger charge is -2.14. The minimum Gasteiger partial charge on any atom is -0.313 e. The molecule has 2 rings (SSSR count). The summed E-state index contributed by atoms with van der Waals surface area (Å²) in [6.07, 6.45) is -2.08. The Bertz CT molecular complexity index is 372. The summed E-state index contributed by atoms with van der Waals surface area (Å²) < 4.78 is 38.2. The molecule has 0 amide bonds. The Kier molecular flexibility index (Phi) is 3.99. The van der Waals surface area contributed by atoms with E-state index >= 15 is 0 Å². The van der Waals surface area contributed by atoms with E-state index in [-0.39, 0.29) is 0 Å². The van der Waals surface area contributed by atoms with E-state index in [0.29, 0.717) is 16.7 Å². The summed E-state index contributed by atoms with van der Waals surface area (Å²) in [5.74, 6) is 0.701. The van der Waals surface area contributed by atoms with E-state index < -0.39 is 11.7 Å². The van der Waals surface area contributed by atoms with Crippen LogP contribution < -0.4 is 5.32 Å². The molecule has 1 N–H and O–H groups in total. The van der Waals surface area contributed by atoms with Crippen molar-refractivity contribution in [2.45, 2.75) is 30.0 Å². The first-order chi connectivity index (χ1) is 8.07. The number of thioether (sulfide) groups is 1. The van der Waals surface area contributed by atoms with E-state index in [9.17, 15) is 13.2 Å². The highest BCUT2D eigenvalue weighted by Gasteiger charge is 2.33. The average molecular weight is 261 g/mol. The van der Waals surface area contributed by atoms with E-state index in [4.69, 9.17) is 0 Å². The van der Waals surface area contributed by atoms with Crippen LogP contribution in [0.5, 0.6) is 0 Å². The third-order valence-electron chi connectivity index (χ3n) is 2.79. The van der Waals surface area contributed by atoms with Crippen molar-refractivity contribution >= 4 is 11.8 Å². The van der Waals surface area contributed by atoms with Crippen LogP contribution in [0.15, 0.2) is 29.2 Å². The molecule has 94 valence electrons. The Morgan fingerprint density at radius 2 is 2.06 bits per heavy atom. The van der Waals surface area contributed by atoms with Crippen molar-refractivity contribution < 1.29 is 13.2 Å². The van der Waals surface area contributed by atoms with Crippen LogP contribution in [0.25, 0.3) is 0 Å². The van der Waals surface area contributed by atoms with Gasteiger partial charge in [-0.15, -0.1) is 11.8 Å². The highest BCUT2D eigenvalue weighted by atomic mass is 32.2. The molecule has 0 aromatic heterocycles. The van der Waals surface area contributed by atoms with Crippen LogP contribution in [0, 0.1) is 0 Å². The van der Waals surface area contributed by atoms with Crippen molar-refractivity contribution in [3.63, 3.8) is 0 Å². The van der Waals surface area contributed by atoms with Crippen molar-refractivity contribution in [1.29, 1.82) is 0 Å². The van der Waals surface area contributed by atoms with Crippen LogP contribution in [0.1, 0.15) is 18.4 Å². The molecular weight excluding hydrogens is 247 g/mol. The first kappa shape index (κ1) is 12.8. The minimum atomic E-state index is -4.26. The molecule has 1 atom stereocenters. The molecule has 1 nitrogen and oxygen atoms in total. The van der Waals surface area contributed by atoms with Gasteiger partial charge in [-0.3, -0.25) is 0 Å². The van der Waals surface area contributed by atoms with Gasteiger partial charge in [0.1, 0.15) is 0 Å². The van der Waals surface area contributed by atoms with E-state index in [1.54, 1.807) is 12.1 Å². The third-order valence-corrected chi connectivity index (χ3v) is 4.03. The van der Waals surface area contributed by atoms with Gasteiger partial charge in [0.25, 0.3) is 0 Å². The fourth-order valence-corrected chi connectivity index (χ4v) is 3.10. The molecule has 0 saturated carbocycles. The Hall–Kier alpha value is -0.680. The molecule has 0 radical (unpaired) electrons. The summed E-state index contributed by atoms with van der Waals surface area (Å²) in [5, 5.41) is 3.28. The first-order valence-corrected chi connectivity index (χ1v) is 6.58. The minimum absolute atomic E-state index is 0.328. The molecule has 0 aliphatic carbocycles. The van der Waals surface area contributed by atoms with E-state index in [2.05, 4.69) is 5.32 Å². The van der Waals surface area contributed by atoms with Gasteiger partial charge >= 0.3 is 6.18 Å². The second-order valence-corrected chi connectivity index (χ2v) is 5.16. The van der Waals surface area contributed by atoms with Gasteiger partial charge in [-0.1, -0.05) is 12.1 Å². The van der Waals surface area contributed by atoms with Crippen molar-refractivity contribution in [3.05, 3.63) is 29.8 Å². The van der Waals surface area contributed by atoms with Gasteiger partial charge in [0.15, 0.2) is 0 Å². The van der Waals surface area contributed by atoms with Crippen molar-refractivity contribution in [2.75, 3.05) is 12.3 Å². The second-order valence-electron chi connectivity index (χ2n) is 4.10. The predicted octanol–water partition coefficient (Wildman–Crippen LogP) is 3.55. The highest BCUT2D eigenvalue weighted by molar-refractivity contribution is 7.99. The second kappa shape index (κ2) is 5.31. The summed E-state index contributed by atoms with van der Waals surface area (Å²) in [4.78, 5) is 0.328. The lowest BCUT2D eigenvalue weighted by Crippen LogP contribution is -2.23. The summed E-state index contributed by atoms with van der Waals surface area (Å²) in [6.45, 7) is 0.978. The predicted molar refractivity (Wildman–Crippen MR) is 63.2 cm³/mol. The van der Waals surface area contributed by atoms with E-state index in [0.717, 1.165) is 25.5 Å². The van der Waals surface area contributed by atoms with Crippen LogP contribution in [-0.2, 0) is 6.18 Å². The van der Waals surface area contributed by atoms with Gasteiger partial charge < -0.3 is 5.32 Å². The largest absolute Gasteiger partial charge is 0.417 e. The Morgan fingerprint density at radius 3 is 2.71 bits per heavy atom. The van der Waals surface area contributed by atoms with Gasteiger partial charge in [-0.05, 0) is 31.5 Å². The fraction of sp³-hybridized carbons (Fsp3) is 0.500. The molecule has 1 aliphatic rings. The number of hydrogen-bond donors (Lipinski definition) is 1. The number of halogens is 3. The molecule has 0 bridgehead atoms. The average Bonchev–Trinajstić information content (AvgIpc) is 2.78. The molecule has 5 heteroatoms. The van der Waals surface area contributed by atoms with E-state index in [1.165, 1.54) is 17.8 Å². The normalized spacial score (nSPS) is 20.8. The van der Waals surface area contributed by atoms with Crippen LogP contribution in [-0.4, -0.2) is 18.3 Å². The number of rotatable bonds is 3. The topological polar surface area (TPSA) is 12.0 Å². The smallest absolute Gasteiger partial charge is 0.313 e. The SMILES string of the molecule is FC(F)(F)c1ccccc1SCC1CCCN1. The van der Waals surface area contributed by atoms with Gasteiger partial charge in [-0.2, -0.15) is 13.2 Å². The lowest BCUT2D eigenvalue weighted by molar-refractivity contribution is -0.139. The molecule has 1 unspecified atom stereocenters. The first-order valence-electron chi connectivity index (χ1n) is 5.60. The molecule has 1 aromatic carbocycles. The molecule has 1 aliphatic heterocycles. The molecule has 1 fully saturated rings. The molecule has 1 heterocycles. The Balaban J connectivity index is 2.04. The maximum absolute atomic E-state index is 12.7. The number of alkyl halides is 3. The van der Waals surface area contributed by atoms with Crippen LogP contribution >= 0.6 is 11.8 Å². The molecule has 1 aromatic rings. The number of nitrogens with one attached hydrogen (secondary N) is 1. The van der Waals surface area contributed by atoms with Crippen LogP contribution in [0.3, 0.4) is 0 Å². The van der Waals surface area contributed by atoms with Gasteiger partial charge in [0, 0.05) is 16.7 Å². The third kappa shape index (κ3) is 3.39. The Morgan fingerprint density at radius 1 is 1.29 bits per heavy atom. The Labute approximate surface area is 103 Å². The summed E-state index contributed by atoms with van der Waals surface area (Å²) >= 11 is 1.29. The standard InChI is InChI=1S/C12H14F3NS/c13-12(14,15)10-5-1-2-6-11(10)17-8-9-4-3-7-16-9/h1-2,5-6,9,16H,3-4,7-8H2. The van der Waals surface area contributed by atoms with Crippen LogP contribution in [0.4, 0.5) is 13.2 Å². The molecule has 0 spiro atoms. The zero-order valence-electron chi connectivity index (χ0n) is 9.26. The van der Waals surface area contributed by atoms with Crippen LogP contribution in [0.2, 0.25) is 0 Å². The van der Waals surface area contributed by atoms with Crippen molar-refractivity contribution in [2.24, 2.45) is 0 Å². The summed E-state index contributed by atoms with van der Waals surface area (Å²) in [6, 6.07) is 6.12. The lowest BCUT2D eigenvalue weighted by atomic mass is 10.2. The zero-order valence-corrected chi connectivity index (χ0v) is 10.1. The maximum Gasteiger partial charge on any atom is 0.417 e. The van der Waals surface area contributed by atoms with Gasteiger partial charge in [0.05, 0.1) is 5.56 Å². The summed E-state index contributed by atoms with van der Waals surface area (Å²) in [7, 11) is 0. The molecule has 17 heavy (non-hydrogen) atoms. The van der Waals surface area contributed by atoms with Gasteiger partial charge in [-0.25, -0.2) is 0 Å². The number of hydrogen-bond acceptors (Lipinski definition) is 2. The van der Waals surface area contributed by atoms with Crippen molar-refractivity contribution in [1.82, 2.24) is 5.32 Å². The quantitative estimate of drug-likeness (QED) is 0.835. The van der Waals surface area contributed by atoms with Gasteiger partial charge in [0.2, 0.25) is 0 Å². The summed E-state index contributed by atoms with van der Waals surface area (Å²) in [5.41, 5.74) is -0.525. The molecular formula is C12H14F3NS. The zero-order chi connectivity index (χ0) is 12.3.